The van der Waals surface area contributed by atoms with Crippen LogP contribution < -0.4 is 15.9 Å². The Bertz CT molecular complexity index is 537. The number of nitrogens with two attached hydrogens (primary N) is 1. The molecule has 0 aliphatic heterocycles. The van der Waals surface area contributed by atoms with Crippen LogP contribution in [0.3, 0.4) is 0 Å². The van der Waals surface area contributed by atoms with Gasteiger partial charge in [-0.3, -0.25) is 10.8 Å². The van der Waals surface area contributed by atoms with E-state index in [-0.39, 0.29) is 19.0 Å². The van der Waals surface area contributed by atoms with Gasteiger partial charge in [0.2, 0.25) is 0 Å². The Morgan fingerprint density at radius 2 is 2.14 bits per heavy atom. The normalized spacial score (nSPS) is 15.2. The first-order chi connectivity index (χ1) is 10.2. The van der Waals surface area contributed by atoms with Gasteiger partial charge in [-0.15, -0.1) is 5.11 Å². The Hall–Kier alpha value is -2.28. The maximum absolute atomic E-state index is 12.3. The van der Waals surface area contributed by atoms with Crippen LogP contribution in [-0.4, -0.2) is 25.0 Å². The van der Waals surface area contributed by atoms with Crippen molar-refractivity contribution in [2.75, 3.05) is 13.2 Å². The van der Waals surface area contributed by atoms with Crippen molar-refractivity contribution in [1.82, 2.24) is 5.43 Å². The lowest BCUT2D eigenvalue weighted by Crippen LogP contribution is -2.10. The van der Waals surface area contributed by atoms with Crippen molar-refractivity contribution in [1.29, 1.82) is 5.41 Å². The molecule has 1 aliphatic carbocycles. The average molecular weight is 291 g/mol. The molecule has 4 N–H and O–H groups in total. The molecule has 1 saturated carbocycles. The molecule has 1 aliphatic rings. The number of halogens is 1. The third-order valence-corrected chi connectivity index (χ3v) is 2.94. The molecule has 0 radical (unpaired) electrons. The van der Waals surface area contributed by atoms with E-state index in [1.807, 2.05) is 0 Å². The summed E-state index contributed by atoms with van der Waals surface area (Å²) in [5.41, 5.74) is 9.20. The molecule has 0 bridgehead atoms. The lowest BCUT2D eigenvalue weighted by atomic mass is 10.2. The lowest BCUT2D eigenvalue weighted by molar-refractivity contribution is 0.347. The van der Waals surface area contributed by atoms with Gasteiger partial charge < -0.3 is 10.5 Å². The largest absolute Gasteiger partial charge is 0.489 e. The summed E-state index contributed by atoms with van der Waals surface area (Å²) in [5.74, 6) is 0.647. The highest BCUT2D eigenvalue weighted by atomic mass is 19.1. The van der Waals surface area contributed by atoms with Gasteiger partial charge in [-0.05, 0) is 37.1 Å². The molecule has 0 saturated heterocycles. The number of nitrogens with one attached hydrogen (secondary N) is 2. The van der Waals surface area contributed by atoms with Crippen LogP contribution in [0.1, 0.15) is 18.4 Å². The maximum atomic E-state index is 12.3. The minimum absolute atomic E-state index is 0.0704. The van der Waals surface area contributed by atoms with Crippen LogP contribution in [0, 0.1) is 5.41 Å². The standard InChI is InChI=1S/C14H18FN5O/c15-7-10(8-16)9-21-13-5-1-11(2-6-13)14(17)19-20-18-12-3-4-12/h1-2,5-7,12H,3-4,8-9,16H2,(H2,17,18,19)/b10-7-. The van der Waals surface area contributed by atoms with Gasteiger partial charge in [0.1, 0.15) is 12.4 Å². The second-order valence-electron chi connectivity index (χ2n) is 4.74. The smallest absolute Gasteiger partial charge is 0.176 e. The third kappa shape index (κ3) is 4.96. The van der Waals surface area contributed by atoms with Crippen LogP contribution in [0.15, 0.2) is 46.5 Å². The quantitative estimate of drug-likeness (QED) is 0.311. The predicted molar refractivity (Wildman–Crippen MR) is 78.0 cm³/mol. The fraction of sp³-hybridized carbons (Fsp3) is 0.357. The zero-order valence-electron chi connectivity index (χ0n) is 11.6. The summed E-state index contributed by atoms with van der Waals surface area (Å²) in [6.45, 7) is 0.225. The first-order valence-corrected chi connectivity index (χ1v) is 6.69. The summed E-state index contributed by atoms with van der Waals surface area (Å²) in [6, 6.07) is 7.21. The SMILES string of the molecule is N=C(/N=N\NC1CC1)c1ccc(OC/C(=C\F)CN)cc1. The number of nitrogens with zero attached hydrogens (tertiary/aromatic N) is 2. The fourth-order valence-corrected chi connectivity index (χ4v) is 1.45. The van der Waals surface area contributed by atoms with Crippen molar-refractivity contribution < 1.29 is 9.13 Å². The van der Waals surface area contributed by atoms with E-state index in [4.69, 9.17) is 15.9 Å². The number of hydrogen-bond donors (Lipinski definition) is 3. The van der Waals surface area contributed by atoms with Crippen LogP contribution in [-0.2, 0) is 0 Å². The summed E-state index contributed by atoms with van der Waals surface area (Å²) in [4.78, 5) is 0. The van der Waals surface area contributed by atoms with Gasteiger partial charge in [-0.2, -0.15) is 0 Å². The van der Waals surface area contributed by atoms with Crippen molar-refractivity contribution in [3.8, 4) is 5.75 Å². The van der Waals surface area contributed by atoms with Gasteiger partial charge in [0.15, 0.2) is 5.84 Å². The van der Waals surface area contributed by atoms with Gasteiger partial charge in [0.25, 0.3) is 0 Å². The molecule has 1 aromatic carbocycles. The summed E-state index contributed by atoms with van der Waals surface area (Å²) in [7, 11) is 0. The first kappa shape index (κ1) is 15.1. The summed E-state index contributed by atoms with van der Waals surface area (Å²) >= 11 is 0. The molecule has 0 heterocycles. The van der Waals surface area contributed by atoms with Crippen molar-refractivity contribution in [3.05, 3.63) is 41.7 Å². The monoisotopic (exact) mass is 291 g/mol. The van der Waals surface area contributed by atoms with E-state index in [1.165, 1.54) is 0 Å². The van der Waals surface area contributed by atoms with E-state index in [0.717, 1.165) is 12.8 Å². The predicted octanol–water partition coefficient (Wildman–Crippen LogP) is 2.32. The Kier molecular flexibility index (Phi) is 5.39. The van der Waals surface area contributed by atoms with E-state index in [9.17, 15) is 4.39 Å². The number of rotatable bonds is 7. The van der Waals surface area contributed by atoms with Gasteiger partial charge in [0.05, 0.1) is 6.33 Å². The summed E-state index contributed by atoms with van der Waals surface area (Å²) in [6.07, 6.45) is 2.67. The van der Waals surface area contributed by atoms with Crippen molar-refractivity contribution in [3.63, 3.8) is 0 Å². The minimum atomic E-state index is 0.0704. The molecular weight excluding hydrogens is 273 g/mol. The number of hydrogen-bond acceptors (Lipinski definition) is 4. The molecule has 2 rings (SSSR count). The first-order valence-electron chi connectivity index (χ1n) is 6.69. The van der Waals surface area contributed by atoms with Gasteiger partial charge in [0, 0.05) is 23.7 Å². The number of ether oxygens (including phenoxy) is 1. The highest BCUT2D eigenvalue weighted by Crippen LogP contribution is 2.18. The number of benzene rings is 1. The lowest BCUT2D eigenvalue weighted by Gasteiger charge is -2.07. The average Bonchev–Trinajstić information content (AvgIpc) is 3.33. The van der Waals surface area contributed by atoms with Crippen LogP contribution in [0.25, 0.3) is 0 Å². The fourth-order valence-electron chi connectivity index (χ4n) is 1.45. The van der Waals surface area contributed by atoms with E-state index < -0.39 is 0 Å². The molecule has 112 valence electrons. The molecule has 6 nitrogen and oxygen atoms in total. The van der Waals surface area contributed by atoms with Crippen LogP contribution >= 0.6 is 0 Å². The zero-order chi connectivity index (χ0) is 15.1. The zero-order valence-corrected chi connectivity index (χ0v) is 11.6. The molecule has 0 amide bonds. The van der Waals surface area contributed by atoms with E-state index >= 15 is 0 Å². The highest BCUT2D eigenvalue weighted by molar-refractivity contribution is 5.96. The van der Waals surface area contributed by atoms with Crippen LogP contribution in [0.4, 0.5) is 4.39 Å². The molecule has 0 atom stereocenters. The Morgan fingerprint density at radius 3 is 2.71 bits per heavy atom. The van der Waals surface area contributed by atoms with E-state index in [2.05, 4.69) is 15.8 Å². The minimum Gasteiger partial charge on any atom is -0.489 e. The van der Waals surface area contributed by atoms with Gasteiger partial charge in [-0.25, -0.2) is 4.39 Å². The van der Waals surface area contributed by atoms with Crippen LogP contribution in [0.2, 0.25) is 0 Å². The molecule has 7 heteroatoms. The summed E-state index contributed by atoms with van der Waals surface area (Å²) < 4.78 is 17.7. The van der Waals surface area contributed by atoms with Gasteiger partial charge in [-0.1, -0.05) is 5.22 Å². The second-order valence-corrected chi connectivity index (χ2v) is 4.74. The van der Waals surface area contributed by atoms with Crippen molar-refractivity contribution in [2.24, 2.45) is 16.1 Å². The topological polar surface area (TPSA) is 95.8 Å². The van der Waals surface area contributed by atoms with Crippen molar-refractivity contribution in [2.45, 2.75) is 18.9 Å². The molecular formula is C14H18FN5O. The molecule has 21 heavy (non-hydrogen) atoms. The Morgan fingerprint density at radius 1 is 1.43 bits per heavy atom. The Balaban J connectivity index is 1.85. The van der Waals surface area contributed by atoms with Gasteiger partial charge >= 0.3 is 0 Å². The third-order valence-electron chi connectivity index (χ3n) is 2.94. The maximum Gasteiger partial charge on any atom is 0.176 e. The van der Waals surface area contributed by atoms with Crippen molar-refractivity contribution >= 4 is 5.84 Å². The highest BCUT2D eigenvalue weighted by Gasteiger charge is 2.20. The molecule has 0 spiro atoms. The Labute approximate surface area is 122 Å². The number of amidine groups is 1. The molecule has 1 aromatic rings. The second kappa shape index (κ2) is 7.49. The van der Waals surface area contributed by atoms with Crippen LogP contribution in [0.5, 0.6) is 5.75 Å². The van der Waals surface area contributed by atoms with E-state index in [1.54, 1.807) is 24.3 Å². The molecule has 0 unspecified atom stereocenters. The molecule has 0 aromatic heterocycles. The summed E-state index contributed by atoms with van der Waals surface area (Å²) in [5, 5.41) is 15.3. The molecule has 1 fully saturated rings. The van der Waals surface area contributed by atoms with E-state index in [0.29, 0.717) is 29.3 Å².